The molecule has 1 aliphatic heterocycles. The van der Waals surface area contributed by atoms with Crippen LogP contribution in [0.2, 0.25) is 5.02 Å². The number of carbonyl (C=O) groups is 3. The molecule has 35 heavy (non-hydrogen) atoms. The molecule has 3 amide bonds. The van der Waals surface area contributed by atoms with Gasteiger partial charge >= 0.3 is 0 Å². The van der Waals surface area contributed by atoms with E-state index >= 15 is 0 Å². The summed E-state index contributed by atoms with van der Waals surface area (Å²) in [5.41, 5.74) is 1.46. The first-order chi connectivity index (χ1) is 16.8. The van der Waals surface area contributed by atoms with Crippen molar-refractivity contribution in [2.75, 3.05) is 11.9 Å². The van der Waals surface area contributed by atoms with Crippen molar-refractivity contribution in [3.8, 4) is 5.75 Å². The normalized spacial score (nSPS) is 14.5. The fourth-order valence-electron chi connectivity index (χ4n) is 3.18. The van der Waals surface area contributed by atoms with E-state index in [0.717, 1.165) is 16.7 Å². The van der Waals surface area contributed by atoms with Gasteiger partial charge in [0.2, 0.25) is 5.91 Å². The van der Waals surface area contributed by atoms with Gasteiger partial charge in [0, 0.05) is 5.56 Å². The topological polar surface area (TPSA) is 75.7 Å². The average molecular weight is 576 g/mol. The summed E-state index contributed by atoms with van der Waals surface area (Å²) in [6.07, 6.45) is 1.56. The lowest BCUT2D eigenvalue weighted by Gasteiger charge is -2.13. The Morgan fingerprint density at radius 2 is 1.86 bits per heavy atom. The van der Waals surface area contributed by atoms with Gasteiger partial charge < -0.3 is 10.1 Å². The van der Waals surface area contributed by atoms with E-state index in [-0.39, 0.29) is 17.3 Å². The van der Waals surface area contributed by atoms with Crippen molar-refractivity contribution in [3.05, 3.63) is 98.1 Å². The summed E-state index contributed by atoms with van der Waals surface area (Å²) in [5, 5.41) is 2.40. The van der Waals surface area contributed by atoms with E-state index < -0.39 is 23.6 Å². The van der Waals surface area contributed by atoms with Crippen LogP contribution in [-0.4, -0.2) is 28.5 Å². The van der Waals surface area contributed by atoms with Crippen molar-refractivity contribution in [1.29, 1.82) is 0 Å². The summed E-state index contributed by atoms with van der Waals surface area (Å²) < 4.78 is 20.1. The molecule has 1 fully saturated rings. The highest BCUT2D eigenvalue weighted by atomic mass is 79.9. The maximum Gasteiger partial charge on any atom is 0.294 e. The number of nitrogens with one attached hydrogen (secondary N) is 1. The van der Waals surface area contributed by atoms with E-state index in [9.17, 15) is 18.8 Å². The zero-order valence-electron chi connectivity index (χ0n) is 18.0. The molecule has 0 atom stereocenters. The van der Waals surface area contributed by atoms with Gasteiger partial charge in [-0.1, -0.05) is 48.0 Å². The van der Waals surface area contributed by atoms with Gasteiger partial charge in [0.1, 0.15) is 24.7 Å². The second-order valence-electron chi connectivity index (χ2n) is 7.37. The highest BCUT2D eigenvalue weighted by Gasteiger charge is 2.36. The molecule has 1 heterocycles. The lowest BCUT2D eigenvalue weighted by atomic mass is 10.2. The van der Waals surface area contributed by atoms with E-state index in [4.69, 9.17) is 16.3 Å². The predicted molar refractivity (Wildman–Crippen MR) is 138 cm³/mol. The fourth-order valence-corrected chi connectivity index (χ4v) is 4.71. The third-order valence-corrected chi connectivity index (χ3v) is 6.77. The molecule has 0 saturated carbocycles. The minimum Gasteiger partial charge on any atom is -0.488 e. The molecule has 1 aliphatic rings. The van der Waals surface area contributed by atoms with Gasteiger partial charge in [-0.25, -0.2) is 4.39 Å². The number of imide groups is 1. The van der Waals surface area contributed by atoms with Gasteiger partial charge in [-0.2, -0.15) is 0 Å². The van der Waals surface area contributed by atoms with Crippen LogP contribution in [0.4, 0.5) is 14.9 Å². The van der Waals surface area contributed by atoms with Crippen molar-refractivity contribution in [2.45, 2.75) is 6.61 Å². The van der Waals surface area contributed by atoms with Gasteiger partial charge in [0.15, 0.2) is 0 Å². The Bertz CT molecular complexity index is 1350. The number of ether oxygens (including phenoxy) is 1. The molecule has 6 nitrogen and oxygen atoms in total. The molecule has 1 saturated heterocycles. The van der Waals surface area contributed by atoms with Crippen LogP contribution < -0.4 is 10.1 Å². The predicted octanol–water partition coefficient (Wildman–Crippen LogP) is 6.50. The van der Waals surface area contributed by atoms with Crippen LogP contribution in [0.25, 0.3) is 6.08 Å². The number of hydrogen-bond donors (Lipinski definition) is 1. The molecule has 0 radical (unpaired) electrons. The second-order valence-corrected chi connectivity index (χ2v) is 9.62. The Hall–Kier alpha value is -3.14. The second kappa shape index (κ2) is 11.1. The average Bonchev–Trinajstić information content (AvgIpc) is 3.08. The summed E-state index contributed by atoms with van der Waals surface area (Å²) in [5.74, 6) is -0.961. The van der Waals surface area contributed by atoms with E-state index in [1.165, 1.54) is 6.07 Å². The molecule has 0 aromatic heterocycles. The SMILES string of the molecule is O=C(CN1C(=O)S/C(=C/c2ccc(OCc3ccccc3F)c(Br)c2)C1=O)Nc1ccccc1Cl. The minimum atomic E-state index is -0.565. The number of para-hydroxylation sites is 1. The number of benzene rings is 3. The van der Waals surface area contributed by atoms with Crippen molar-refractivity contribution >= 4 is 68.1 Å². The summed E-state index contributed by atoms with van der Waals surface area (Å²) in [4.78, 5) is 38.5. The third-order valence-electron chi connectivity index (χ3n) is 4.92. The van der Waals surface area contributed by atoms with Crippen LogP contribution in [0.1, 0.15) is 11.1 Å². The molecule has 10 heteroatoms. The molecule has 3 aromatic carbocycles. The Balaban J connectivity index is 1.41. The molecular weight excluding hydrogens is 559 g/mol. The third kappa shape index (κ3) is 6.11. The molecule has 178 valence electrons. The van der Waals surface area contributed by atoms with Crippen molar-refractivity contribution in [3.63, 3.8) is 0 Å². The van der Waals surface area contributed by atoms with Crippen LogP contribution in [0.15, 0.2) is 76.1 Å². The maximum atomic E-state index is 13.8. The fraction of sp³-hybridized carbons (Fsp3) is 0.0800. The highest BCUT2D eigenvalue weighted by molar-refractivity contribution is 9.10. The lowest BCUT2D eigenvalue weighted by molar-refractivity contribution is -0.127. The van der Waals surface area contributed by atoms with Gasteiger partial charge in [-0.05, 0) is 69.7 Å². The molecule has 0 aliphatic carbocycles. The van der Waals surface area contributed by atoms with Crippen molar-refractivity contribution in [1.82, 2.24) is 4.90 Å². The van der Waals surface area contributed by atoms with E-state index in [0.29, 0.717) is 32.1 Å². The van der Waals surface area contributed by atoms with Crippen LogP contribution in [0.3, 0.4) is 0 Å². The summed E-state index contributed by atoms with van der Waals surface area (Å²) in [7, 11) is 0. The summed E-state index contributed by atoms with van der Waals surface area (Å²) >= 11 is 10.2. The summed E-state index contributed by atoms with van der Waals surface area (Å²) in [6.45, 7) is -0.375. The molecule has 0 bridgehead atoms. The monoisotopic (exact) mass is 574 g/mol. The number of anilines is 1. The first-order valence-corrected chi connectivity index (χ1v) is 12.3. The molecular formula is C25H17BrClFN2O4S. The molecule has 0 spiro atoms. The zero-order valence-corrected chi connectivity index (χ0v) is 21.1. The first kappa shape index (κ1) is 25.0. The van der Waals surface area contributed by atoms with Gasteiger partial charge in [-0.15, -0.1) is 0 Å². The quantitative estimate of drug-likeness (QED) is 0.326. The minimum absolute atomic E-state index is 0.0553. The van der Waals surface area contributed by atoms with Gasteiger partial charge in [0.05, 0.1) is 20.1 Å². The number of hydrogen-bond acceptors (Lipinski definition) is 5. The lowest BCUT2D eigenvalue weighted by Crippen LogP contribution is -2.36. The number of halogens is 3. The Morgan fingerprint density at radius 3 is 2.60 bits per heavy atom. The smallest absolute Gasteiger partial charge is 0.294 e. The standard InChI is InChI=1S/C25H17BrClFN2O4S/c26-17-11-15(9-10-21(17)34-14-16-5-1-3-7-19(16)28)12-22-24(32)30(25(33)35-22)13-23(31)29-20-8-4-2-6-18(20)27/h1-12H,13-14H2,(H,29,31)/b22-12+. The number of amides is 3. The van der Waals surface area contributed by atoms with Gasteiger partial charge in [0.25, 0.3) is 11.1 Å². The highest BCUT2D eigenvalue weighted by Crippen LogP contribution is 2.34. The maximum absolute atomic E-state index is 13.8. The Morgan fingerprint density at radius 1 is 1.11 bits per heavy atom. The molecule has 1 N–H and O–H groups in total. The number of carbonyl (C=O) groups excluding carboxylic acids is 3. The summed E-state index contributed by atoms with van der Waals surface area (Å²) in [6, 6.07) is 18.1. The first-order valence-electron chi connectivity index (χ1n) is 10.3. The van der Waals surface area contributed by atoms with E-state index in [1.807, 2.05) is 0 Å². The molecule has 0 unspecified atom stereocenters. The van der Waals surface area contributed by atoms with Crippen LogP contribution in [0, 0.1) is 5.82 Å². The van der Waals surface area contributed by atoms with Crippen LogP contribution in [-0.2, 0) is 16.2 Å². The van der Waals surface area contributed by atoms with E-state index in [2.05, 4.69) is 21.2 Å². The van der Waals surface area contributed by atoms with Crippen LogP contribution >= 0.6 is 39.3 Å². The van der Waals surface area contributed by atoms with Crippen molar-refractivity contribution < 1.29 is 23.5 Å². The van der Waals surface area contributed by atoms with Gasteiger partial charge in [-0.3, -0.25) is 19.3 Å². The Labute approximate surface area is 218 Å². The van der Waals surface area contributed by atoms with E-state index in [1.54, 1.807) is 66.7 Å². The largest absolute Gasteiger partial charge is 0.488 e. The van der Waals surface area contributed by atoms with Crippen molar-refractivity contribution in [2.24, 2.45) is 0 Å². The Kier molecular flexibility index (Phi) is 7.90. The number of rotatable bonds is 7. The van der Waals surface area contributed by atoms with Crippen LogP contribution in [0.5, 0.6) is 5.75 Å². The zero-order chi connectivity index (χ0) is 24.9. The number of thioether (sulfide) groups is 1. The molecule has 3 aromatic rings. The molecule has 4 rings (SSSR count). The number of nitrogens with zero attached hydrogens (tertiary/aromatic N) is 1.